The van der Waals surface area contributed by atoms with Crippen LogP contribution in [0.15, 0.2) is 0 Å². The highest BCUT2D eigenvalue weighted by Gasteiger charge is 2.40. The van der Waals surface area contributed by atoms with Gasteiger partial charge in [-0.25, -0.2) is 8.42 Å². The Labute approximate surface area is 118 Å². The molecule has 1 heterocycles. The van der Waals surface area contributed by atoms with Crippen molar-refractivity contribution in [3.8, 4) is 0 Å². The lowest BCUT2D eigenvalue weighted by Gasteiger charge is -2.33. The molecule has 20 heavy (non-hydrogen) atoms. The van der Waals surface area contributed by atoms with E-state index in [2.05, 4.69) is 5.32 Å². The molecule has 2 aliphatic rings. The molecule has 1 saturated carbocycles. The SMILES string of the molecule is O=C1CN(S(=O)(=O)CC2CCCCC2)C(C(=O)O)CN1. The average molecular weight is 304 g/mol. The van der Waals surface area contributed by atoms with Crippen LogP contribution in [0.25, 0.3) is 0 Å². The predicted molar refractivity (Wildman–Crippen MR) is 71.5 cm³/mol. The second kappa shape index (κ2) is 6.09. The number of carboxylic acids is 1. The lowest BCUT2D eigenvalue weighted by Crippen LogP contribution is -2.59. The lowest BCUT2D eigenvalue weighted by atomic mass is 9.91. The lowest BCUT2D eigenvalue weighted by molar-refractivity contribution is -0.143. The summed E-state index contributed by atoms with van der Waals surface area (Å²) in [5.74, 6) is -1.65. The van der Waals surface area contributed by atoms with Gasteiger partial charge in [0.2, 0.25) is 15.9 Å². The molecule has 1 saturated heterocycles. The van der Waals surface area contributed by atoms with Gasteiger partial charge in [0.15, 0.2) is 0 Å². The Morgan fingerprint density at radius 1 is 1.30 bits per heavy atom. The summed E-state index contributed by atoms with van der Waals surface area (Å²) >= 11 is 0. The minimum absolute atomic E-state index is 0.0515. The molecule has 8 heteroatoms. The van der Waals surface area contributed by atoms with Crippen LogP contribution in [0.4, 0.5) is 0 Å². The number of nitrogens with zero attached hydrogens (tertiary/aromatic N) is 1. The molecule has 0 aromatic heterocycles. The van der Waals surface area contributed by atoms with Crippen molar-refractivity contribution in [3.63, 3.8) is 0 Å². The van der Waals surface area contributed by atoms with Gasteiger partial charge in [-0.1, -0.05) is 19.3 Å². The zero-order chi connectivity index (χ0) is 14.8. The summed E-state index contributed by atoms with van der Waals surface area (Å²) in [4.78, 5) is 22.5. The minimum Gasteiger partial charge on any atom is -0.480 e. The number of nitrogens with one attached hydrogen (secondary N) is 1. The van der Waals surface area contributed by atoms with Crippen LogP contribution in [0.5, 0.6) is 0 Å². The molecule has 0 aromatic carbocycles. The van der Waals surface area contributed by atoms with E-state index in [-0.39, 0.29) is 18.2 Å². The molecule has 0 spiro atoms. The maximum Gasteiger partial charge on any atom is 0.323 e. The Kier molecular flexibility index (Phi) is 4.64. The van der Waals surface area contributed by atoms with E-state index in [0.717, 1.165) is 36.4 Å². The summed E-state index contributed by atoms with van der Waals surface area (Å²) in [5.41, 5.74) is 0. The van der Waals surface area contributed by atoms with Gasteiger partial charge in [0.25, 0.3) is 0 Å². The topological polar surface area (TPSA) is 104 Å². The second-order valence-corrected chi connectivity index (χ2v) is 7.45. The van der Waals surface area contributed by atoms with Gasteiger partial charge in [-0.2, -0.15) is 4.31 Å². The number of rotatable bonds is 4. The fourth-order valence-electron chi connectivity index (χ4n) is 2.87. The van der Waals surface area contributed by atoms with Gasteiger partial charge in [0.05, 0.1) is 12.3 Å². The number of carbonyl (C=O) groups is 2. The van der Waals surface area contributed by atoms with Gasteiger partial charge in [-0.3, -0.25) is 9.59 Å². The molecule has 7 nitrogen and oxygen atoms in total. The predicted octanol–water partition coefficient (Wildman–Crippen LogP) is -0.218. The standard InChI is InChI=1S/C12H20N2O5S/c15-11-7-14(10(6-13-11)12(16)17)20(18,19)8-9-4-2-1-3-5-9/h9-10H,1-8H2,(H,13,15)(H,16,17). The highest BCUT2D eigenvalue weighted by atomic mass is 32.2. The third-order valence-electron chi connectivity index (χ3n) is 3.95. The number of aliphatic carboxylic acids is 1. The van der Waals surface area contributed by atoms with E-state index in [9.17, 15) is 18.0 Å². The zero-order valence-corrected chi connectivity index (χ0v) is 12.1. The number of amides is 1. The first-order valence-corrected chi connectivity index (χ1v) is 8.50. The summed E-state index contributed by atoms with van der Waals surface area (Å²) in [6, 6.07) is -1.19. The average Bonchev–Trinajstić information content (AvgIpc) is 2.39. The van der Waals surface area contributed by atoms with Crippen LogP contribution < -0.4 is 5.32 Å². The van der Waals surface area contributed by atoms with E-state index in [0.29, 0.717) is 0 Å². The summed E-state index contributed by atoms with van der Waals surface area (Å²) in [6.45, 7) is -0.565. The molecule has 2 N–H and O–H groups in total. The molecule has 0 bridgehead atoms. The van der Waals surface area contributed by atoms with E-state index in [4.69, 9.17) is 5.11 Å². The normalized spacial score (nSPS) is 26.2. The molecule has 1 aliphatic carbocycles. The Balaban J connectivity index is 2.11. The van der Waals surface area contributed by atoms with Gasteiger partial charge in [0, 0.05) is 6.54 Å². The minimum atomic E-state index is -3.72. The number of carbonyl (C=O) groups excluding carboxylic acids is 1. The van der Waals surface area contributed by atoms with Crippen LogP contribution in [0.2, 0.25) is 0 Å². The number of hydrogen-bond acceptors (Lipinski definition) is 4. The van der Waals surface area contributed by atoms with Crippen molar-refractivity contribution >= 4 is 21.9 Å². The first-order chi connectivity index (χ1) is 9.40. The Hall–Kier alpha value is -1.15. The van der Waals surface area contributed by atoms with Crippen LogP contribution >= 0.6 is 0 Å². The third-order valence-corrected chi connectivity index (χ3v) is 5.94. The highest BCUT2D eigenvalue weighted by molar-refractivity contribution is 7.89. The summed E-state index contributed by atoms with van der Waals surface area (Å²) < 4.78 is 25.6. The first-order valence-electron chi connectivity index (χ1n) is 6.89. The molecule has 1 aliphatic heterocycles. The van der Waals surface area contributed by atoms with E-state index < -0.39 is 34.5 Å². The molecule has 114 valence electrons. The quantitative estimate of drug-likeness (QED) is 0.747. The Bertz CT molecular complexity index is 484. The maximum atomic E-state index is 12.4. The molecular weight excluding hydrogens is 284 g/mol. The Morgan fingerprint density at radius 3 is 2.55 bits per heavy atom. The van der Waals surface area contributed by atoms with Gasteiger partial charge in [0.1, 0.15) is 6.04 Å². The van der Waals surface area contributed by atoms with Gasteiger partial charge in [-0.05, 0) is 18.8 Å². The van der Waals surface area contributed by atoms with E-state index >= 15 is 0 Å². The van der Waals surface area contributed by atoms with Crippen LogP contribution in [0.1, 0.15) is 32.1 Å². The largest absolute Gasteiger partial charge is 0.480 e. The molecular formula is C12H20N2O5S. The molecule has 0 aromatic rings. The molecule has 1 amide bonds. The molecule has 1 unspecified atom stereocenters. The number of hydrogen-bond donors (Lipinski definition) is 2. The van der Waals surface area contributed by atoms with Gasteiger partial charge in [-0.15, -0.1) is 0 Å². The van der Waals surface area contributed by atoms with Crippen LogP contribution in [-0.2, 0) is 19.6 Å². The Morgan fingerprint density at radius 2 is 1.95 bits per heavy atom. The first kappa shape index (κ1) is 15.2. The van der Waals surface area contributed by atoms with Crippen molar-refractivity contribution in [1.29, 1.82) is 0 Å². The van der Waals surface area contributed by atoms with E-state index in [1.165, 1.54) is 0 Å². The molecule has 1 atom stereocenters. The smallest absolute Gasteiger partial charge is 0.323 e. The van der Waals surface area contributed by atoms with Gasteiger partial charge < -0.3 is 10.4 Å². The van der Waals surface area contributed by atoms with Crippen LogP contribution in [0, 0.1) is 5.92 Å². The molecule has 2 fully saturated rings. The molecule has 0 radical (unpaired) electrons. The maximum absolute atomic E-state index is 12.4. The van der Waals surface area contributed by atoms with Gasteiger partial charge >= 0.3 is 5.97 Å². The van der Waals surface area contributed by atoms with E-state index in [1.54, 1.807) is 0 Å². The second-order valence-electron chi connectivity index (χ2n) is 5.49. The van der Waals surface area contributed by atoms with Crippen molar-refractivity contribution < 1.29 is 23.1 Å². The van der Waals surface area contributed by atoms with Crippen molar-refractivity contribution in [2.45, 2.75) is 38.1 Å². The number of sulfonamides is 1. The summed E-state index contributed by atoms with van der Waals surface area (Å²) in [5, 5.41) is 11.5. The van der Waals surface area contributed by atoms with Crippen LogP contribution in [-0.4, -0.2) is 54.6 Å². The summed E-state index contributed by atoms with van der Waals surface area (Å²) in [6.07, 6.45) is 4.88. The van der Waals surface area contributed by atoms with E-state index in [1.807, 2.05) is 0 Å². The fourth-order valence-corrected chi connectivity index (χ4v) is 4.86. The fraction of sp³-hybridized carbons (Fsp3) is 0.833. The monoisotopic (exact) mass is 304 g/mol. The highest BCUT2D eigenvalue weighted by Crippen LogP contribution is 2.26. The number of carboxylic acid groups (broad SMARTS) is 1. The summed E-state index contributed by atoms with van der Waals surface area (Å²) in [7, 11) is -3.72. The van der Waals surface area contributed by atoms with Crippen molar-refractivity contribution in [1.82, 2.24) is 9.62 Å². The zero-order valence-electron chi connectivity index (χ0n) is 11.2. The number of piperazine rings is 1. The third kappa shape index (κ3) is 3.49. The van der Waals surface area contributed by atoms with Crippen LogP contribution in [0.3, 0.4) is 0 Å². The molecule has 2 rings (SSSR count). The van der Waals surface area contributed by atoms with Crippen molar-refractivity contribution in [2.75, 3.05) is 18.8 Å². The van der Waals surface area contributed by atoms with Crippen molar-refractivity contribution in [2.24, 2.45) is 5.92 Å². The van der Waals surface area contributed by atoms with Crippen molar-refractivity contribution in [3.05, 3.63) is 0 Å².